The summed E-state index contributed by atoms with van der Waals surface area (Å²) in [5.74, 6) is 1.21. The van der Waals surface area contributed by atoms with Gasteiger partial charge in [0, 0.05) is 23.1 Å². The van der Waals surface area contributed by atoms with Gasteiger partial charge in [-0.3, -0.25) is 5.32 Å². The average Bonchev–Trinajstić information content (AvgIpc) is 2.57. The van der Waals surface area contributed by atoms with E-state index in [0.29, 0.717) is 17.3 Å². The molecular weight excluding hydrogens is 304 g/mol. The number of hydrogen-bond acceptors (Lipinski definition) is 5. The summed E-state index contributed by atoms with van der Waals surface area (Å²) in [7, 11) is 0. The fraction of sp³-hybridized carbons (Fsp3) is 0.0556. The topological polar surface area (TPSA) is 76.1 Å². The normalized spacial score (nSPS) is 10.0. The third-order valence-electron chi connectivity index (χ3n) is 3.16. The number of nitrogens with one attached hydrogen (secondary N) is 2. The number of para-hydroxylation sites is 1. The molecule has 1 aromatic heterocycles. The monoisotopic (exact) mass is 320 g/mol. The van der Waals surface area contributed by atoms with Crippen LogP contribution in [0, 0.1) is 6.92 Å². The van der Waals surface area contributed by atoms with Crippen molar-refractivity contribution in [2.24, 2.45) is 0 Å². The zero-order chi connectivity index (χ0) is 16.8. The Morgan fingerprint density at radius 1 is 0.958 bits per heavy atom. The fourth-order valence-corrected chi connectivity index (χ4v) is 2.05. The molecule has 1 heterocycles. The molecule has 0 fully saturated rings. The summed E-state index contributed by atoms with van der Waals surface area (Å²) in [6, 6.07) is 18.0. The minimum atomic E-state index is -0.534. The molecule has 2 N–H and O–H groups in total. The van der Waals surface area contributed by atoms with E-state index in [1.807, 2.05) is 31.2 Å². The second-order valence-corrected chi connectivity index (χ2v) is 5.07. The van der Waals surface area contributed by atoms with Gasteiger partial charge in [-0.15, -0.1) is 0 Å². The second kappa shape index (κ2) is 7.23. The molecule has 0 radical (unpaired) electrons. The van der Waals surface area contributed by atoms with E-state index in [-0.39, 0.29) is 0 Å². The SMILES string of the molecule is Cc1cc(Nc2ccc(NC(=O)Oc3ccccc3)cc2)ncn1. The predicted molar refractivity (Wildman–Crippen MR) is 92.6 cm³/mol. The largest absolute Gasteiger partial charge is 0.417 e. The summed E-state index contributed by atoms with van der Waals surface area (Å²) in [6.07, 6.45) is 0.973. The van der Waals surface area contributed by atoms with Crippen LogP contribution < -0.4 is 15.4 Å². The number of rotatable bonds is 4. The molecule has 24 heavy (non-hydrogen) atoms. The zero-order valence-electron chi connectivity index (χ0n) is 13.1. The highest BCUT2D eigenvalue weighted by Crippen LogP contribution is 2.18. The highest BCUT2D eigenvalue weighted by molar-refractivity contribution is 5.86. The van der Waals surface area contributed by atoms with E-state index in [9.17, 15) is 4.79 Å². The lowest BCUT2D eigenvalue weighted by Crippen LogP contribution is -2.16. The van der Waals surface area contributed by atoms with E-state index < -0.39 is 6.09 Å². The number of nitrogens with zero attached hydrogens (tertiary/aromatic N) is 2. The van der Waals surface area contributed by atoms with Crippen LogP contribution in [0.2, 0.25) is 0 Å². The zero-order valence-corrected chi connectivity index (χ0v) is 13.1. The molecule has 0 bridgehead atoms. The van der Waals surface area contributed by atoms with E-state index in [1.165, 1.54) is 6.33 Å². The number of aryl methyl sites for hydroxylation is 1. The van der Waals surface area contributed by atoms with Gasteiger partial charge in [0.1, 0.15) is 17.9 Å². The first-order valence-corrected chi connectivity index (χ1v) is 7.39. The summed E-state index contributed by atoms with van der Waals surface area (Å²) >= 11 is 0. The highest BCUT2D eigenvalue weighted by atomic mass is 16.6. The van der Waals surface area contributed by atoms with Gasteiger partial charge in [0.15, 0.2) is 0 Å². The van der Waals surface area contributed by atoms with Gasteiger partial charge < -0.3 is 10.1 Å². The van der Waals surface area contributed by atoms with Crippen molar-refractivity contribution < 1.29 is 9.53 Å². The molecular formula is C18H16N4O2. The van der Waals surface area contributed by atoms with Crippen molar-refractivity contribution >= 4 is 23.3 Å². The van der Waals surface area contributed by atoms with E-state index in [1.54, 1.807) is 36.4 Å². The molecule has 3 rings (SSSR count). The lowest BCUT2D eigenvalue weighted by atomic mass is 10.3. The Balaban J connectivity index is 1.59. The minimum absolute atomic E-state index is 0.493. The molecule has 1 amide bonds. The molecule has 0 saturated carbocycles. The number of anilines is 3. The van der Waals surface area contributed by atoms with Crippen LogP contribution in [0.4, 0.5) is 22.0 Å². The first kappa shape index (κ1) is 15.5. The van der Waals surface area contributed by atoms with Crippen LogP contribution in [0.1, 0.15) is 5.69 Å². The van der Waals surface area contributed by atoms with E-state index in [2.05, 4.69) is 20.6 Å². The van der Waals surface area contributed by atoms with Crippen LogP contribution in [-0.4, -0.2) is 16.1 Å². The van der Waals surface area contributed by atoms with Gasteiger partial charge in [-0.25, -0.2) is 14.8 Å². The van der Waals surface area contributed by atoms with Gasteiger partial charge in [-0.05, 0) is 43.3 Å². The van der Waals surface area contributed by atoms with Crippen molar-refractivity contribution in [2.45, 2.75) is 6.92 Å². The average molecular weight is 320 g/mol. The van der Waals surface area contributed by atoms with Crippen molar-refractivity contribution in [3.63, 3.8) is 0 Å². The summed E-state index contributed by atoms with van der Waals surface area (Å²) in [4.78, 5) is 20.0. The van der Waals surface area contributed by atoms with Gasteiger partial charge >= 0.3 is 6.09 Å². The molecule has 3 aromatic rings. The Labute approximate surface area is 139 Å². The molecule has 0 aliphatic heterocycles. The Hall–Kier alpha value is -3.41. The van der Waals surface area contributed by atoms with E-state index in [0.717, 1.165) is 11.4 Å². The smallest absolute Gasteiger partial charge is 0.410 e. The number of ether oxygens (including phenoxy) is 1. The molecule has 2 aromatic carbocycles. The second-order valence-electron chi connectivity index (χ2n) is 5.07. The Morgan fingerprint density at radius 3 is 2.38 bits per heavy atom. The molecule has 0 spiro atoms. The van der Waals surface area contributed by atoms with Crippen molar-refractivity contribution in [1.82, 2.24) is 9.97 Å². The summed E-state index contributed by atoms with van der Waals surface area (Å²) in [5, 5.41) is 5.85. The van der Waals surface area contributed by atoms with Crippen LogP contribution in [0.3, 0.4) is 0 Å². The number of carbonyl (C=O) groups excluding carboxylic acids is 1. The maximum atomic E-state index is 11.8. The van der Waals surface area contributed by atoms with Crippen molar-refractivity contribution in [2.75, 3.05) is 10.6 Å². The third-order valence-corrected chi connectivity index (χ3v) is 3.16. The summed E-state index contributed by atoms with van der Waals surface area (Å²) < 4.78 is 5.17. The molecule has 0 saturated heterocycles. The van der Waals surface area contributed by atoms with Gasteiger partial charge in [-0.2, -0.15) is 0 Å². The maximum absolute atomic E-state index is 11.8. The lowest BCUT2D eigenvalue weighted by Gasteiger charge is -2.09. The lowest BCUT2D eigenvalue weighted by molar-refractivity contribution is 0.215. The molecule has 0 aliphatic carbocycles. The standard InChI is InChI=1S/C18H16N4O2/c1-13-11-17(20-12-19-13)21-14-7-9-15(10-8-14)22-18(23)24-16-5-3-2-4-6-16/h2-12H,1H3,(H,22,23)(H,19,20,21). The summed E-state index contributed by atoms with van der Waals surface area (Å²) in [5.41, 5.74) is 2.38. The third kappa shape index (κ3) is 4.30. The highest BCUT2D eigenvalue weighted by Gasteiger charge is 2.05. The van der Waals surface area contributed by atoms with Gasteiger partial charge in [0.2, 0.25) is 0 Å². The predicted octanol–water partition coefficient (Wildman–Crippen LogP) is 4.14. The van der Waals surface area contributed by atoms with E-state index in [4.69, 9.17) is 4.74 Å². The quantitative estimate of drug-likeness (QED) is 0.755. The molecule has 0 unspecified atom stereocenters. The van der Waals surface area contributed by atoms with Crippen molar-refractivity contribution in [3.05, 3.63) is 72.7 Å². The summed E-state index contributed by atoms with van der Waals surface area (Å²) in [6.45, 7) is 1.90. The molecule has 0 aliphatic rings. The number of carbonyl (C=O) groups is 1. The number of hydrogen-bond donors (Lipinski definition) is 2. The minimum Gasteiger partial charge on any atom is -0.410 e. The Bertz CT molecular complexity index is 820. The van der Waals surface area contributed by atoms with Crippen LogP contribution in [0.15, 0.2) is 67.0 Å². The van der Waals surface area contributed by atoms with Crippen molar-refractivity contribution in [3.8, 4) is 5.75 Å². The van der Waals surface area contributed by atoms with Crippen LogP contribution in [0.5, 0.6) is 5.75 Å². The van der Waals surface area contributed by atoms with Gasteiger partial charge in [0.05, 0.1) is 0 Å². The number of aromatic nitrogens is 2. The van der Waals surface area contributed by atoms with Crippen LogP contribution in [-0.2, 0) is 0 Å². The maximum Gasteiger partial charge on any atom is 0.417 e. The van der Waals surface area contributed by atoms with Crippen molar-refractivity contribution in [1.29, 1.82) is 0 Å². The van der Waals surface area contributed by atoms with Crippen LogP contribution in [0.25, 0.3) is 0 Å². The molecule has 0 atom stereocenters. The first-order valence-electron chi connectivity index (χ1n) is 7.39. The van der Waals surface area contributed by atoms with Crippen LogP contribution >= 0.6 is 0 Å². The fourth-order valence-electron chi connectivity index (χ4n) is 2.05. The molecule has 6 heteroatoms. The molecule has 6 nitrogen and oxygen atoms in total. The first-order chi connectivity index (χ1) is 11.7. The Morgan fingerprint density at radius 2 is 1.67 bits per heavy atom. The Kier molecular flexibility index (Phi) is 4.67. The number of amides is 1. The van der Waals surface area contributed by atoms with E-state index >= 15 is 0 Å². The molecule has 120 valence electrons. The van der Waals surface area contributed by atoms with Gasteiger partial charge in [-0.1, -0.05) is 18.2 Å². The number of benzene rings is 2. The van der Waals surface area contributed by atoms with Gasteiger partial charge in [0.25, 0.3) is 0 Å².